The van der Waals surface area contributed by atoms with E-state index in [0.29, 0.717) is 12.4 Å². The van der Waals surface area contributed by atoms with E-state index in [2.05, 4.69) is 15.2 Å². The maximum absolute atomic E-state index is 12.4. The minimum absolute atomic E-state index is 0.223. The van der Waals surface area contributed by atoms with Gasteiger partial charge in [-0.2, -0.15) is 0 Å². The number of carbonyl (C=O) groups is 1. The van der Waals surface area contributed by atoms with Gasteiger partial charge in [-0.15, -0.1) is 0 Å². The third kappa shape index (κ3) is 3.17. The number of imidazole rings is 1. The van der Waals surface area contributed by atoms with Gasteiger partial charge in [0, 0.05) is 29.8 Å². The molecular formula is C20H18N4O2. The van der Waals surface area contributed by atoms with Crippen molar-refractivity contribution in [1.29, 1.82) is 0 Å². The summed E-state index contributed by atoms with van der Waals surface area (Å²) in [4.78, 5) is 18.9. The van der Waals surface area contributed by atoms with Crippen molar-refractivity contribution in [3.8, 4) is 5.75 Å². The number of benzene rings is 2. The third-order valence-electron chi connectivity index (χ3n) is 4.16. The normalized spacial score (nSPS) is 12.6. The van der Waals surface area contributed by atoms with Gasteiger partial charge in [0.15, 0.2) is 0 Å². The molecule has 0 bridgehead atoms. The van der Waals surface area contributed by atoms with Crippen LogP contribution in [0.25, 0.3) is 6.08 Å². The van der Waals surface area contributed by atoms with Crippen molar-refractivity contribution in [1.82, 2.24) is 9.55 Å². The number of aromatic nitrogens is 2. The fourth-order valence-corrected chi connectivity index (χ4v) is 2.83. The fourth-order valence-electron chi connectivity index (χ4n) is 2.83. The predicted molar refractivity (Wildman–Crippen MR) is 101 cm³/mol. The highest BCUT2D eigenvalue weighted by Gasteiger charge is 2.18. The summed E-state index contributed by atoms with van der Waals surface area (Å²) >= 11 is 0. The van der Waals surface area contributed by atoms with E-state index < -0.39 is 0 Å². The van der Waals surface area contributed by atoms with Crippen LogP contribution in [0.2, 0.25) is 0 Å². The lowest BCUT2D eigenvalue weighted by atomic mass is 10.2. The van der Waals surface area contributed by atoms with Crippen molar-refractivity contribution in [2.75, 3.05) is 17.3 Å². The van der Waals surface area contributed by atoms with Gasteiger partial charge in [-0.3, -0.25) is 4.79 Å². The van der Waals surface area contributed by atoms with E-state index in [9.17, 15) is 4.79 Å². The van der Waals surface area contributed by atoms with Gasteiger partial charge >= 0.3 is 0 Å². The van der Waals surface area contributed by atoms with Crippen LogP contribution in [-0.4, -0.2) is 22.6 Å². The number of carbonyl (C=O) groups excluding carboxylic acids is 1. The molecule has 0 fully saturated rings. The van der Waals surface area contributed by atoms with E-state index >= 15 is 0 Å². The van der Waals surface area contributed by atoms with Crippen LogP contribution in [0, 0.1) is 0 Å². The van der Waals surface area contributed by atoms with Crippen molar-refractivity contribution in [3.63, 3.8) is 0 Å². The Morgan fingerprint density at radius 2 is 2.00 bits per heavy atom. The number of methoxy groups -OCH3 is 1. The summed E-state index contributed by atoms with van der Waals surface area (Å²) in [5, 5.41) is 2.86. The molecular weight excluding hydrogens is 328 g/mol. The zero-order chi connectivity index (χ0) is 17.9. The molecule has 0 spiro atoms. The molecule has 1 aliphatic rings. The Labute approximate surface area is 151 Å². The van der Waals surface area contributed by atoms with E-state index in [0.717, 1.165) is 22.9 Å². The largest absolute Gasteiger partial charge is 0.497 e. The van der Waals surface area contributed by atoms with Crippen LogP contribution in [0.5, 0.6) is 5.75 Å². The minimum Gasteiger partial charge on any atom is -0.497 e. The Morgan fingerprint density at radius 3 is 2.81 bits per heavy atom. The first-order valence-electron chi connectivity index (χ1n) is 8.25. The molecule has 0 saturated heterocycles. The average molecular weight is 346 g/mol. The van der Waals surface area contributed by atoms with Crippen molar-refractivity contribution in [2.24, 2.45) is 0 Å². The summed E-state index contributed by atoms with van der Waals surface area (Å²) in [6.07, 6.45) is 5.61. The number of nitrogens with one attached hydrogen (secondary N) is 1. The van der Waals surface area contributed by atoms with Gasteiger partial charge in [0.25, 0.3) is 5.91 Å². The Hall–Kier alpha value is -3.54. The molecule has 6 nitrogen and oxygen atoms in total. The molecule has 1 aromatic heterocycles. The first-order chi connectivity index (χ1) is 12.7. The summed E-state index contributed by atoms with van der Waals surface area (Å²) in [7, 11) is 1.65. The molecule has 0 unspecified atom stereocenters. The highest BCUT2D eigenvalue weighted by Crippen LogP contribution is 2.25. The molecule has 0 aliphatic carbocycles. The van der Waals surface area contributed by atoms with E-state index in [4.69, 9.17) is 4.74 Å². The van der Waals surface area contributed by atoms with Crippen LogP contribution in [0.1, 0.15) is 16.3 Å². The highest BCUT2D eigenvalue weighted by molar-refractivity contribution is 6.02. The number of hydrogen-bond acceptors (Lipinski definition) is 4. The summed E-state index contributed by atoms with van der Waals surface area (Å²) < 4.78 is 7.23. The number of amides is 1. The molecule has 0 atom stereocenters. The maximum Gasteiger partial charge on any atom is 0.275 e. The van der Waals surface area contributed by atoms with Crippen LogP contribution in [0.3, 0.4) is 0 Å². The van der Waals surface area contributed by atoms with Crippen molar-refractivity contribution >= 4 is 23.4 Å². The minimum atomic E-state index is -0.223. The van der Waals surface area contributed by atoms with Crippen molar-refractivity contribution < 1.29 is 9.53 Å². The van der Waals surface area contributed by atoms with Gasteiger partial charge in [-0.05, 0) is 30.3 Å². The zero-order valence-corrected chi connectivity index (χ0v) is 14.3. The molecule has 2 aromatic carbocycles. The molecule has 3 aromatic rings. The Kier molecular flexibility index (Phi) is 4.15. The lowest BCUT2D eigenvalue weighted by Gasteiger charge is -2.25. The molecule has 1 aliphatic heterocycles. The quantitative estimate of drug-likeness (QED) is 0.784. The lowest BCUT2D eigenvalue weighted by Crippen LogP contribution is -2.23. The first kappa shape index (κ1) is 16.0. The molecule has 1 N–H and O–H groups in total. The van der Waals surface area contributed by atoms with Gasteiger partial charge in [-0.25, -0.2) is 4.98 Å². The highest BCUT2D eigenvalue weighted by atomic mass is 16.5. The number of ether oxygens (including phenoxy) is 1. The van der Waals surface area contributed by atoms with Gasteiger partial charge in [0.2, 0.25) is 0 Å². The number of para-hydroxylation sites is 1. The van der Waals surface area contributed by atoms with Gasteiger partial charge in [0.1, 0.15) is 23.9 Å². The number of nitrogens with zero attached hydrogens (tertiary/aromatic N) is 3. The SMILES string of the molecule is COc1cccc(N2C=Cc3nc(C(=O)Nc4ccccc4)cn3C2)c1. The molecule has 1 amide bonds. The molecule has 26 heavy (non-hydrogen) atoms. The average Bonchev–Trinajstić information content (AvgIpc) is 3.12. The van der Waals surface area contributed by atoms with Crippen LogP contribution < -0.4 is 15.0 Å². The molecule has 4 rings (SSSR count). The van der Waals surface area contributed by atoms with Crippen molar-refractivity contribution in [3.05, 3.63) is 78.5 Å². The predicted octanol–water partition coefficient (Wildman–Crippen LogP) is 3.59. The second-order valence-corrected chi connectivity index (χ2v) is 5.90. The molecule has 0 saturated carbocycles. The number of hydrogen-bond donors (Lipinski definition) is 1. The second kappa shape index (κ2) is 6.76. The second-order valence-electron chi connectivity index (χ2n) is 5.90. The topological polar surface area (TPSA) is 59.4 Å². The summed E-state index contributed by atoms with van der Waals surface area (Å²) in [6, 6.07) is 17.2. The van der Waals surface area contributed by atoms with Gasteiger partial charge in [-0.1, -0.05) is 24.3 Å². The smallest absolute Gasteiger partial charge is 0.275 e. The number of anilines is 2. The molecule has 0 radical (unpaired) electrons. The monoisotopic (exact) mass is 346 g/mol. The first-order valence-corrected chi connectivity index (χ1v) is 8.25. The van der Waals surface area contributed by atoms with E-state index in [1.165, 1.54) is 0 Å². The Balaban J connectivity index is 1.52. The van der Waals surface area contributed by atoms with Crippen LogP contribution in [0.15, 0.2) is 67.0 Å². The number of rotatable bonds is 4. The van der Waals surface area contributed by atoms with Gasteiger partial charge < -0.3 is 19.5 Å². The molecule has 2 heterocycles. The number of fused-ring (bicyclic) bond motifs is 1. The Bertz CT molecular complexity index is 963. The van der Waals surface area contributed by atoms with Crippen LogP contribution >= 0.6 is 0 Å². The summed E-state index contributed by atoms with van der Waals surface area (Å²) in [6.45, 7) is 0.574. The van der Waals surface area contributed by atoms with Crippen LogP contribution in [0.4, 0.5) is 11.4 Å². The van der Waals surface area contributed by atoms with E-state index in [-0.39, 0.29) is 5.91 Å². The fraction of sp³-hybridized carbons (Fsp3) is 0.100. The molecule has 6 heteroatoms. The maximum atomic E-state index is 12.4. The van der Waals surface area contributed by atoms with Crippen molar-refractivity contribution in [2.45, 2.75) is 6.67 Å². The summed E-state index contributed by atoms with van der Waals surface area (Å²) in [5.74, 6) is 1.33. The molecule has 130 valence electrons. The van der Waals surface area contributed by atoms with Gasteiger partial charge in [0.05, 0.1) is 7.11 Å². The van der Waals surface area contributed by atoms with E-state index in [1.807, 2.05) is 71.4 Å². The van der Waals surface area contributed by atoms with Crippen LogP contribution in [-0.2, 0) is 6.67 Å². The standard InChI is InChI=1S/C20H18N4O2/c1-26-17-9-5-8-16(12-17)23-11-10-19-22-18(13-24(19)14-23)20(25)21-15-6-3-2-4-7-15/h2-13H,14H2,1H3,(H,21,25). The van der Waals surface area contributed by atoms with E-state index in [1.54, 1.807) is 13.3 Å². The third-order valence-corrected chi connectivity index (χ3v) is 4.16. The lowest BCUT2D eigenvalue weighted by molar-refractivity contribution is 0.102. The Morgan fingerprint density at radius 1 is 1.15 bits per heavy atom. The summed E-state index contributed by atoms with van der Waals surface area (Å²) in [5.41, 5.74) is 2.15. The zero-order valence-electron chi connectivity index (χ0n) is 14.3.